The van der Waals surface area contributed by atoms with Gasteiger partial charge in [0, 0.05) is 69.7 Å². The molecule has 2 aromatic heterocycles. The third kappa shape index (κ3) is 4.70. The quantitative estimate of drug-likeness (QED) is 0.669. The zero-order chi connectivity index (χ0) is 22.0. The van der Waals surface area contributed by atoms with E-state index in [4.69, 9.17) is 0 Å². The second-order valence-corrected chi connectivity index (χ2v) is 9.26. The van der Waals surface area contributed by atoms with E-state index in [0.29, 0.717) is 11.9 Å². The van der Waals surface area contributed by atoms with Crippen LogP contribution in [0.5, 0.6) is 0 Å². The molecule has 4 rings (SSSR count). The molecule has 8 nitrogen and oxygen atoms in total. The van der Waals surface area contributed by atoms with Gasteiger partial charge in [0.1, 0.15) is 5.82 Å². The summed E-state index contributed by atoms with van der Waals surface area (Å²) in [6.45, 7) is 14.0. The van der Waals surface area contributed by atoms with Crippen LogP contribution in [0.1, 0.15) is 32.8 Å². The van der Waals surface area contributed by atoms with Crippen molar-refractivity contribution in [2.24, 2.45) is 5.92 Å². The van der Waals surface area contributed by atoms with Gasteiger partial charge in [-0.15, -0.1) is 0 Å². The smallest absolute Gasteiger partial charge is 0.229 e. The standard InChI is InChI=1S/C23H37N7O/c1-5-26(4)12-8-19-15-24-21-7-9-25-30(21)22(19)29-16-20(17-29)23(31)28-11-6-10-27(13-14-28)18(2)3/h7,9,15,18,20H,5-6,8,10-14,16-17H2,1-4H3. The monoisotopic (exact) mass is 427 g/mol. The van der Waals surface area contributed by atoms with Gasteiger partial charge in [0.05, 0.1) is 12.1 Å². The molecule has 0 aromatic carbocycles. The van der Waals surface area contributed by atoms with Gasteiger partial charge in [-0.25, -0.2) is 4.98 Å². The van der Waals surface area contributed by atoms with Crippen LogP contribution < -0.4 is 4.90 Å². The van der Waals surface area contributed by atoms with Crippen LogP contribution in [0.2, 0.25) is 0 Å². The Morgan fingerprint density at radius 1 is 1.23 bits per heavy atom. The lowest BCUT2D eigenvalue weighted by atomic mass is 9.97. The highest BCUT2D eigenvalue weighted by atomic mass is 16.2. The summed E-state index contributed by atoms with van der Waals surface area (Å²) in [5, 5.41) is 4.52. The highest BCUT2D eigenvalue weighted by molar-refractivity contribution is 5.82. The maximum atomic E-state index is 13.2. The number of fused-ring (bicyclic) bond motifs is 1. The first-order chi connectivity index (χ1) is 15.0. The van der Waals surface area contributed by atoms with Gasteiger partial charge in [-0.05, 0) is 40.3 Å². The summed E-state index contributed by atoms with van der Waals surface area (Å²) >= 11 is 0. The SMILES string of the molecule is CCN(C)CCc1cnc2ccnn2c1N1CC(C(=O)N2CCCN(C(C)C)CC2)C1. The average molecular weight is 428 g/mol. The number of rotatable bonds is 7. The molecule has 2 saturated heterocycles. The molecule has 2 fully saturated rings. The van der Waals surface area contributed by atoms with Crippen molar-refractivity contribution in [2.75, 3.05) is 64.3 Å². The molecule has 0 atom stereocenters. The van der Waals surface area contributed by atoms with E-state index in [1.807, 2.05) is 16.8 Å². The van der Waals surface area contributed by atoms with E-state index in [0.717, 1.165) is 76.7 Å². The van der Waals surface area contributed by atoms with Crippen LogP contribution in [0.25, 0.3) is 5.65 Å². The summed E-state index contributed by atoms with van der Waals surface area (Å²) in [4.78, 5) is 26.9. The van der Waals surface area contributed by atoms with Crippen LogP contribution in [0, 0.1) is 5.92 Å². The zero-order valence-corrected chi connectivity index (χ0v) is 19.5. The van der Waals surface area contributed by atoms with E-state index in [2.05, 4.69) is 57.5 Å². The van der Waals surface area contributed by atoms with Crippen molar-refractivity contribution < 1.29 is 4.79 Å². The lowest BCUT2D eigenvalue weighted by Crippen LogP contribution is -2.56. The predicted octanol–water partition coefficient (Wildman–Crippen LogP) is 1.60. The zero-order valence-electron chi connectivity index (χ0n) is 19.5. The number of likely N-dealkylation sites (N-methyl/N-ethyl adjacent to an activating group) is 1. The molecule has 0 aliphatic carbocycles. The minimum Gasteiger partial charge on any atom is -0.354 e. The predicted molar refractivity (Wildman–Crippen MR) is 123 cm³/mol. The van der Waals surface area contributed by atoms with Gasteiger partial charge >= 0.3 is 0 Å². The Bertz CT molecular complexity index is 889. The fourth-order valence-electron chi connectivity index (χ4n) is 4.62. The molecule has 0 bridgehead atoms. The lowest BCUT2D eigenvalue weighted by Gasteiger charge is -2.42. The van der Waals surface area contributed by atoms with Crippen LogP contribution in [0.4, 0.5) is 5.82 Å². The second-order valence-electron chi connectivity index (χ2n) is 9.26. The molecule has 170 valence electrons. The molecule has 0 radical (unpaired) electrons. The van der Waals surface area contributed by atoms with E-state index >= 15 is 0 Å². The van der Waals surface area contributed by atoms with E-state index in [1.165, 1.54) is 5.56 Å². The molecule has 2 aliphatic rings. The number of amides is 1. The molecule has 0 saturated carbocycles. The topological polar surface area (TPSA) is 60.2 Å². The van der Waals surface area contributed by atoms with Crippen LogP contribution in [0.15, 0.2) is 18.5 Å². The molecule has 1 amide bonds. The van der Waals surface area contributed by atoms with E-state index in [9.17, 15) is 4.79 Å². The highest BCUT2D eigenvalue weighted by Crippen LogP contribution is 2.30. The molecular formula is C23H37N7O. The maximum absolute atomic E-state index is 13.2. The number of carbonyl (C=O) groups excluding carboxylic acids is 1. The number of nitrogens with zero attached hydrogens (tertiary/aromatic N) is 7. The minimum absolute atomic E-state index is 0.0792. The van der Waals surface area contributed by atoms with E-state index in [1.54, 1.807) is 6.20 Å². The number of hydrogen-bond donors (Lipinski definition) is 0. The summed E-state index contributed by atoms with van der Waals surface area (Å²) in [6.07, 6.45) is 5.77. The van der Waals surface area contributed by atoms with Gasteiger partial charge in [0.2, 0.25) is 5.91 Å². The third-order valence-corrected chi connectivity index (χ3v) is 6.87. The second kappa shape index (κ2) is 9.53. The first-order valence-corrected chi connectivity index (χ1v) is 11.8. The Kier molecular flexibility index (Phi) is 6.77. The van der Waals surface area contributed by atoms with Gasteiger partial charge in [-0.2, -0.15) is 9.61 Å². The molecule has 2 aromatic rings. The Morgan fingerprint density at radius 2 is 2.03 bits per heavy atom. The molecule has 0 unspecified atom stereocenters. The van der Waals surface area contributed by atoms with Gasteiger partial charge in [0.25, 0.3) is 0 Å². The summed E-state index contributed by atoms with van der Waals surface area (Å²) < 4.78 is 1.94. The molecule has 31 heavy (non-hydrogen) atoms. The fourth-order valence-corrected chi connectivity index (χ4v) is 4.62. The molecule has 8 heteroatoms. The maximum Gasteiger partial charge on any atom is 0.229 e. The summed E-state index contributed by atoms with van der Waals surface area (Å²) in [5.74, 6) is 1.50. The van der Waals surface area contributed by atoms with Gasteiger partial charge in [-0.1, -0.05) is 6.92 Å². The largest absolute Gasteiger partial charge is 0.354 e. The van der Waals surface area contributed by atoms with Gasteiger partial charge in [-0.3, -0.25) is 9.69 Å². The number of hydrogen-bond acceptors (Lipinski definition) is 6. The molecule has 2 aliphatic heterocycles. The Labute approximate surface area is 185 Å². The van der Waals surface area contributed by atoms with Crippen LogP contribution in [-0.4, -0.2) is 101 Å². The van der Waals surface area contributed by atoms with Crippen LogP contribution >= 0.6 is 0 Å². The molecule has 0 N–H and O–H groups in total. The molecular weight excluding hydrogens is 390 g/mol. The van der Waals surface area contributed by atoms with Crippen molar-refractivity contribution in [3.05, 3.63) is 24.0 Å². The summed E-state index contributed by atoms with van der Waals surface area (Å²) in [6, 6.07) is 2.48. The third-order valence-electron chi connectivity index (χ3n) is 6.87. The van der Waals surface area contributed by atoms with Gasteiger partial charge in [0.15, 0.2) is 5.65 Å². The van der Waals surface area contributed by atoms with Gasteiger partial charge < -0.3 is 14.7 Å². The van der Waals surface area contributed by atoms with Crippen molar-refractivity contribution in [1.82, 2.24) is 29.3 Å². The summed E-state index contributed by atoms with van der Waals surface area (Å²) in [7, 11) is 2.14. The van der Waals surface area contributed by atoms with E-state index in [-0.39, 0.29) is 5.92 Å². The van der Waals surface area contributed by atoms with Crippen molar-refractivity contribution in [3.63, 3.8) is 0 Å². The normalized spacial score (nSPS) is 18.8. The van der Waals surface area contributed by atoms with E-state index < -0.39 is 0 Å². The molecule has 0 spiro atoms. The Morgan fingerprint density at radius 3 is 2.77 bits per heavy atom. The highest BCUT2D eigenvalue weighted by Gasteiger charge is 2.38. The minimum atomic E-state index is 0.0792. The van der Waals surface area contributed by atoms with Crippen LogP contribution in [-0.2, 0) is 11.2 Å². The van der Waals surface area contributed by atoms with Crippen molar-refractivity contribution >= 4 is 17.4 Å². The van der Waals surface area contributed by atoms with Crippen molar-refractivity contribution in [1.29, 1.82) is 0 Å². The van der Waals surface area contributed by atoms with Crippen molar-refractivity contribution in [2.45, 2.75) is 39.7 Å². The van der Waals surface area contributed by atoms with Crippen LogP contribution in [0.3, 0.4) is 0 Å². The summed E-state index contributed by atoms with van der Waals surface area (Å²) in [5.41, 5.74) is 2.06. The fraction of sp³-hybridized carbons (Fsp3) is 0.696. The number of aromatic nitrogens is 3. The van der Waals surface area contributed by atoms with Crippen molar-refractivity contribution in [3.8, 4) is 0 Å². The lowest BCUT2D eigenvalue weighted by molar-refractivity contribution is -0.136. The number of carbonyl (C=O) groups is 1. The first kappa shape index (κ1) is 22.0. The Hall–Kier alpha value is -2.19. The molecule has 4 heterocycles. The average Bonchev–Trinajstić information content (AvgIpc) is 3.06. The Balaban J connectivity index is 1.43. The number of anilines is 1. The first-order valence-electron chi connectivity index (χ1n) is 11.8.